The molecule has 2 nitrogen and oxygen atoms in total. The van der Waals surface area contributed by atoms with Crippen molar-refractivity contribution >= 4 is 5.69 Å². The SMILES string of the molecule is CCC(C)(C)C1CCC(Nc2ccc(O)cc2)CC1. The van der Waals surface area contributed by atoms with E-state index in [1.807, 2.05) is 12.1 Å². The van der Waals surface area contributed by atoms with E-state index in [1.165, 1.54) is 32.1 Å². The average molecular weight is 261 g/mol. The van der Waals surface area contributed by atoms with Crippen LogP contribution in [0.4, 0.5) is 5.69 Å². The quantitative estimate of drug-likeness (QED) is 0.763. The summed E-state index contributed by atoms with van der Waals surface area (Å²) in [6.45, 7) is 7.12. The molecular formula is C17H27NO. The van der Waals surface area contributed by atoms with Crippen LogP contribution in [0.5, 0.6) is 5.75 Å². The molecule has 1 aliphatic carbocycles. The maximum Gasteiger partial charge on any atom is 0.115 e. The van der Waals surface area contributed by atoms with Gasteiger partial charge in [0.1, 0.15) is 5.75 Å². The lowest BCUT2D eigenvalue weighted by atomic mass is 9.69. The molecule has 0 radical (unpaired) electrons. The molecule has 1 aromatic rings. The van der Waals surface area contributed by atoms with Gasteiger partial charge in [0.2, 0.25) is 0 Å². The Hall–Kier alpha value is -1.18. The Bertz CT molecular complexity index is 388. The van der Waals surface area contributed by atoms with E-state index in [-0.39, 0.29) is 0 Å². The van der Waals surface area contributed by atoms with Crippen LogP contribution in [-0.2, 0) is 0 Å². The normalized spacial score (nSPS) is 24.2. The molecule has 0 spiro atoms. The summed E-state index contributed by atoms with van der Waals surface area (Å²) < 4.78 is 0. The molecule has 106 valence electrons. The van der Waals surface area contributed by atoms with E-state index in [9.17, 15) is 5.11 Å². The Morgan fingerprint density at radius 1 is 1.11 bits per heavy atom. The maximum atomic E-state index is 9.29. The van der Waals surface area contributed by atoms with Gasteiger partial charge in [-0.15, -0.1) is 0 Å². The minimum absolute atomic E-state index is 0.332. The second-order valence-corrected chi connectivity index (χ2v) is 6.58. The van der Waals surface area contributed by atoms with Gasteiger partial charge in [-0.3, -0.25) is 0 Å². The number of anilines is 1. The lowest BCUT2D eigenvalue weighted by Gasteiger charge is -2.39. The van der Waals surface area contributed by atoms with Gasteiger partial charge in [0, 0.05) is 11.7 Å². The molecule has 2 heteroatoms. The van der Waals surface area contributed by atoms with Crippen molar-refractivity contribution in [3.8, 4) is 5.75 Å². The molecule has 0 heterocycles. The van der Waals surface area contributed by atoms with E-state index in [4.69, 9.17) is 0 Å². The van der Waals surface area contributed by atoms with Gasteiger partial charge in [-0.2, -0.15) is 0 Å². The predicted octanol–water partition coefficient (Wildman–Crippen LogP) is 4.80. The maximum absolute atomic E-state index is 9.29. The third kappa shape index (κ3) is 3.65. The second-order valence-electron chi connectivity index (χ2n) is 6.58. The number of phenols is 1. The van der Waals surface area contributed by atoms with Crippen molar-refractivity contribution in [2.24, 2.45) is 11.3 Å². The molecule has 0 bridgehead atoms. The highest BCUT2D eigenvalue weighted by molar-refractivity contribution is 5.46. The van der Waals surface area contributed by atoms with E-state index in [2.05, 4.69) is 26.1 Å². The van der Waals surface area contributed by atoms with Crippen LogP contribution in [0.3, 0.4) is 0 Å². The fourth-order valence-electron chi connectivity index (χ4n) is 3.10. The van der Waals surface area contributed by atoms with Gasteiger partial charge in [-0.05, 0) is 61.3 Å². The zero-order valence-corrected chi connectivity index (χ0v) is 12.4. The minimum atomic E-state index is 0.332. The van der Waals surface area contributed by atoms with Gasteiger partial charge in [-0.1, -0.05) is 27.2 Å². The van der Waals surface area contributed by atoms with Gasteiger partial charge >= 0.3 is 0 Å². The Balaban J connectivity index is 1.85. The average Bonchev–Trinajstić information content (AvgIpc) is 2.42. The lowest BCUT2D eigenvalue weighted by Crippen LogP contribution is -2.32. The first-order valence-corrected chi connectivity index (χ1v) is 7.57. The van der Waals surface area contributed by atoms with Crippen molar-refractivity contribution in [2.45, 2.75) is 58.9 Å². The summed E-state index contributed by atoms with van der Waals surface area (Å²) in [6, 6.07) is 7.99. The summed E-state index contributed by atoms with van der Waals surface area (Å²) in [5.41, 5.74) is 1.61. The molecule has 0 saturated heterocycles. The molecule has 2 N–H and O–H groups in total. The Morgan fingerprint density at radius 3 is 2.21 bits per heavy atom. The van der Waals surface area contributed by atoms with Crippen molar-refractivity contribution in [1.29, 1.82) is 0 Å². The molecule has 1 aromatic carbocycles. The highest BCUT2D eigenvalue weighted by Crippen LogP contribution is 2.40. The highest BCUT2D eigenvalue weighted by atomic mass is 16.3. The third-order valence-corrected chi connectivity index (χ3v) is 4.98. The third-order valence-electron chi connectivity index (χ3n) is 4.98. The summed E-state index contributed by atoms with van der Waals surface area (Å²) >= 11 is 0. The van der Waals surface area contributed by atoms with Gasteiger partial charge < -0.3 is 10.4 Å². The van der Waals surface area contributed by atoms with Crippen molar-refractivity contribution < 1.29 is 5.11 Å². The molecule has 1 aliphatic rings. The van der Waals surface area contributed by atoms with Gasteiger partial charge in [0.15, 0.2) is 0 Å². The largest absolute Gasteiger partial charge is 0.508 e. The summed E-state index contributed by atoms with van der Waals surface area (Å²) in [5.74, 6) is 1.20. The lowest BCUT2D eigenvalue weighted by molar-refractivity contribution is 0.147. The van der Waals surface area contributed by atoms with Gasteiger partial charge in [0.05, 0.1) is 0 Å². The molecule has 0 aromatic heterocycles. The molecule has 0 amide bonds. The van der Waals surface area contributed by atoms with E-state index in [0.29, 0.717) is 17.2 Å². The topological polar surface area (TPSA) is 32.3 Å². The molecule has 0 aliphatic heterocycles. The van der Waals surface area contributed by atoms with Gasteiger partial charge in [-0.25, -0.2) is 0 Å². The Labute approximate surface area is 117 Å². The molecule has 0 atom stereocenters. The molecular weight excluding hydrogens is 234 g/mol. The van der Waals surface area contributed by atoms with Crippen molar-refractivity contribution in [3.63, 3.8) is 0 Å². The molecule has 0 unspecified atom stereocenters. The number of hydrogen-bond donors (Lipinski definition) is 2. The first-order chi connectivity index (χ1) is 9.01. The van der Waals surface area contributed by atoms with Crippen molar-refractivity contribution in [2.75, 3.05) is 5.32 Å². The zero-order chi connectivity index (χ0) is 13.9. The Kier molecular flexibility index (Phi) is 4.38. The molecule has 1 saturated carbocycles. The summed E-state index contributed by atoms with van der Waals surface area (Å²) in [7, 11) is 0. The van der Waals surface area contributed by atoms with E-state index < -0.39 is 0 Å². The molecule has 2 rings (SSSR count). The summed E-state index contributed by atoms with van der Waals surface area (Å²) in [4.78, 5) is 0. The number of phenolic OH excluding ortho intramolecular Hbond substituents is 1. The van der Waals surface area contributed by atoms with Crippen LogP contribution >= 0.6 is 0 Å². The standard InChI is InChI=1S/C17H27NO/c1-4-17(2,3)13-5-7-14(8-6-13)18-15-9-11-16(19)12-10-15/h9-14,18-19H,4-8H2,1-3H3. The van der Waals surface area contributed by atoms with Gasteiger partial charge in [0.25, 0.3) is 0 Å². The second kappa shape index (κ2) is 5.85. The Morgan fingerprint density at radius 2 is 1.68 bits per heavy atom. The first kappa shape index (κ1) is 14.2. The number of benzene rings is 1. The van der Waals surface area contributed by atoms with Crippen LogP contribution in [0, 0.1) is 11.3 Å². The van der Waals surface area contributed by atoms with Crippen molar-refractivity contribution in [3.05, 3.63) is 24.3 Å². The number of nitrogens with one attached hydrogen (secondary N) is 1. The smallest absolute Gasteiger partial charge is 0.115 e. The predicted molar refractivity (Wildman–Crippen MR) is 81.5 cm³/mol. The van der Waals surface area contributed by atoms with Crippen LogP contribution < -0.4 is 5.32 Å². The van der Waals surface area contributed by atoms with Crippen LogP contribution in [-0.4, -0.2) is 11.1 Å². The molecule has 1 fully saturated rings. The first-order valence-electron chi connectivity index (χ1n) is 7.57. The fraction of sp³-hybridized carbons (Fsp3) is 0.647. The molecule has 19 heavy (non-hydrogen) atoms. The number of hydrogen-bond acceptors (Lipinski definition) is 2. The summed E-state index contributed by atoms with van der Waals surface area (Å²) in [5, 5.41) is 12.9. The van der Waals surface area contributed by atoms with Crippen LogP contribution in [0.15, 0.2) is 24.3 Å². The fourth-order valence-corrected chi connectivity index (χ4v) is 3.10. The van der Waals surface area contributed by atoms with E-state index >= 15 is 0 Å². The van der Waals surface area contributed by atoms with Crippen molar-refractivity contribution in [1.82, 2.24) is 0 Å². The number of aromatic hydroxyl groups is 1. The zero-order valence-electron chi connectivity index (χ0n) is 12.4. The van der Waals surface area contributed by atoms with E-state index in [1.54, 1.807) is 12.1 Å². The van der Waals surface area contributed by atoms with Crippen LogP contribution in [0.25, 0.3) is 0 Å². The minimum Gasteiger partial charge on any atom is -0.508 e. The van der Waals surface area contributed by atoms with E-state index in [0.717, 1.165) is 11.6 Å². The monoisotopic (exact) mass is 261 g/mol. The van der Waals surface area contributed by atoms with Crippen LogP contribution in [0.1, 0.15) is 52.9 Å². The number of rotatable bonds is 4. The highest BCUT2D eigenvalue weighted by Gasteiger charge is 2.31. The van der Waals surface area contributed by atoms with Crippen LogP contribution in [0.2, 0.25) is 0 Å². The summed E-state index contributed by atoms with van der Waals surface area (Å²) in [6.07, 6.45) is 6.45.